The maximum absolute atomic E-state index is 10.3. The van der Waals surface area contributed by atoms with Crippen LogP contribution in [0, 0.1) is 0 Å². The van der Waals surface area contributed by atoms with E-state index in [2.05, 4.69) is 15.5 Å². The van der Waals surface area contributed by atoms with Crippen LogP contribution in [0.3, 0.4) is 0 Å². The van der Waals surface area contributed by atoms with E-state index < -0.39 is 5.97 Å². The summed E-state index contributed by atoms with van der Waals surface area (Å²) in [7, 11) is 0. The van der Waals surface area contributed by atoms with Gasteiger partial charge in [-0.25, -0.2) is 0 Å². The first-order valence-corrected chi connectivity index (χ1v) is 6.04. The second-order valence-corrected chi connectivity index (χ2v) is 4.21. The number of nitrogens with zero attached hydrogens (tertiary/aromatic N) is 2. The molecule has 0 radical (unpaired) electrons. The number of benzene rings is 1. The molecule has 1 aromatic heterocycles. The van der Waals surface area contributed by atoms with Gasteiger partial charge < -0.3 is 14.8 Å². The highest BCUT2D eigenvalue weighted by Crippen LogP contribution is 2.25. The Morgan fingerprint density at radius 1 is 1.37 bits per heavy atom. The number of carboxylic acids is 1. The molecule has 1 heterocycles. The minimum absolute atomic E-state index is 0.0471. The fourth-order valence-corrected chi connectivity index (χ4v) is 1.68. The van der Waals surface area contributed by atoms with Crippen molar-refractivity contribution in [2.75, 3.05) is 6.54 Å². The van der Waals surface area contributed by atoms with Crippen LogP contribution in [0.1, 0.15) is 12.3 Å². The van der Waals surface area contributed by atoms with Gasteiger partial charge in [0.05, 0.1) is 23.6 Å². The van der Waals surface area contributed by atoms with Crippen molar-refractivity contribution in [3.05, 3.63) is 35.2 Å². The third-order valence-corrected chi connectivity index (χ3v) is 2.69. The van der Waals surface area contributed by atoms with E-state index in [1.807, 2.05) is 12.1 Å². The molecule has 6 nitrogen and oxygen atoms in total. The fraction of sp³-hybridized carbons (Fsp3) is 0.250. The van der Waals surface area contributed by atoms with E-state index >= 15 is 0 Å². The molecular formula is C12H12ClN3O3. The van der Waals surface area contributed by atoms with Gasteiger partial charge in [0, 0.05) is 6.54 Å². The van der Waals surface area contributed by atoms with E-state index in [9.17, 15) is 4.79 Å². The zero-order valence-electron chi connectivity index (χ0n) is 9.97. The van der Waals surface area contributed by atoms with Gasteiger partial charge in [-0.15, -0.1) is 10.2 Å². The van der Waals surface area contributed by atoms with E-state index in [4.69, 9.17) is 21.1 Å². The number of aromatic nitrogens is 2. The van der Waals surface area contributed by atoms with E-state index in [0.717, 1.165) is 0 Å². The average Bonchev–Trinajstić information content (AvgIpc) is 2.83. The van der Waals surface area contributed by atoms with Crippen LogP contribution in [0.2, 0.25) is 5.02 Å². The fourth-order valence-electron chi connectivity index (χ4n) is 1.46. The summed E-state index contributed by atoms with van der Waals surface area (Å²) < 4.78 is 5.44. The quantitative estimate of drug-likeness (QED) is 0.787. The lowest BCUT2D eigenvalue weighted by molar-refractivity contribution is -0.136. The zero-order valence-corrected chi connectivity index (χ0v) is 10.7. The molecule has 2 rings (SSSR count). The van der Waals surface area contributed by atoms with Gasteiger partial charge in [-0.05, 0) is 12.1 Å². The molecule has 19 heavy (non-hydrogen) atoms. The molecule has 0 amide bonds. The van der Waals surface area contributed by atoms with Gasteiger partial charge in [-0.1, -0.05) is 23.7 Å². The van der Waals surface area contributed by atoms with Gasteiger partial charge in [0.15, 0.2) is 0 Å². The van der Waals surface area contributed by atoms with Crippen LogP contribution in [-0.4, -0.2) is 27.8 Å². The predicted octanol–water partition coefficient (Wildman–Crippen LogP) is 1.95. The largest absolute Gasteiger partial charge is 0.481 e. The second-order valence-electron chi connectivity index (χ2n) is 3.80. The molecule has 0 saturated heterocycles. The molecular weight excluding hydrogens is 270 g/mol. The first kappa shape index (κ1) is 13.5. The molecule has 0 bridgehead atoms. The third-order valence-electron chi connectivity index (χ3n) is 2.36. The minimum atomic E-state index is -0.852. The summed E-state index contributed by atoms with van der Waals surface area (Å²) in [6.07, 6.45) is 0.0471. The molecule has 100 valence electrons. The van der Waals surface area contributed by atoms with Gasteiger partial charge >= 0.3 is 5.97 Å². The van der Waals surface area contributed by atoms with Crippen molar-refractivity contribution in [3.63, 3.8) is 0 Å². The lowest BCUT2D eigenvalue weighted by Crippen LogP contribution is -2.17. The van der Waals surface area contributed by atoms with Crippen LogP contribution in [0.5, 0.6) is 0 Å². The summed E-state index contributed by atoms with van der Waals surface area (Å²) in [6, 6.07) is 7.18. The van der Waals surface area contributed by atoms with Crippen molar-refractivity contribution in [3.8, 4) is 11.5 Å². The summed E-state index contributed by atoms with van der Waals surface area (Å²) in [6.45, 7) is 0.671. The molecule has 2 N–H and O–H groups in total. The molecule has 0 aliphatic rings. The van der Waals surface area contributed by atoms with E-state index in [1.165, 1.54) is 0 Å². The maximum Gasteiger partial charge on any atom is 0.304 e. The van der Waals surface area contributed by atoms with Crippen molar-refractivity contribution in [2.45, 2.75) is 13.0 Å². The summed E-state index contributed by atoms with van der Waals surface area (Å²) in [5.41, 5.74) is 0.674. The Balaban J connectivity index is 1.96. The monoisotopic (exact) mass is 281 g/mol. The standard InChI is InChI=1S/C12H12ClN3O3/c13-9-4-2-1-3-8(9)12-16-15-10(19-12)7-14-6-5-11(17)18/h1-4,14H,5-7H2,(H,17,18). The minimum Gasteiger partial charge on any atom is -0.481 e. The first-order valence-electron chi connectivity index (χ1n) is 5.66. The Morgan fingerprint density at radius 2 is 2.16 bits per heavy atom. The molecule has 0 atom stereocenters. The number of nitrogens with one attached hydrogen (secondary N) is 1. The molecule has 1 aromatic carbocycles. The van der Waals surface area contributed by atoms with E-state index in [1.54, 1.807) is 12.1 Å². The van der Waals surface area contributed by atoms with Crippen molar-refractivity contribution in [1.29, 1.82) is 0 Å². The Kier molecular flexibility index (Phi) is 4.48. The van der Waals surface area contributed by atoms with E-state index in [-0.39, 0.29) is 6.42 Å². The number of carboxylic acid groups (broad SMARTS) is 1. The summed E-state index contributed by atoms with van der Waals surface area (Å²) in [4.78, 5) is 10.3. The highest BCUT2D eigenvalue weighted by atomic mass is 35.5. The summed E-state index contributed by atoms with van der Waals surface area (Å²) >= 11 is 6.02. The Hall–Kier alpha value is -1.92. The van der Waals surface area contributed by atoms with Crippen LogP contribution in [0.15, 0.2) is 28.7 Å². The lowest BCUT2D eigenvalue weighted by atomic mass is 10.2. The molecule has 0 spiro atoms. The van der Waals surface area contributed by atoms with Gasteiger partial charge in [-0.2, -0.15) is 0 Å². The Labute approximate surface area is 114 Å². The lowest BCUT2D eigenvalue weighted by Gasteiger charge is -1.98. The number of hydrogen-bond donors (Lipinski definition) is 2. The number of hydrogen-bond acceptors (Lipinski definition) is 5. The highest BCUT2D eigenvalue weighted by Gasteiger charge is 2.11. The van der Waals surface area contributed by atoms with Crippen molar-refractivity contribution in [1.82, 2.24) is 15.5 Å². The smallest absolute Gasteiger partial charge is 0.304 e. The summed E-state index contributed by atoms with van der Waals surface area (Å²) in [5.74, 6) is -0.115. The molecule has 0 saturated carbocycles. The topological polar surface area (TPSA) is 88.2 Å². The van der Waals surface area contributed by atoms with Crippen LogP contribution in [0.4, 0.5) is 0 Å². The summed E-state index contributed by atoms with van der Waals surface area (Å²) in [5, 5.41) is 19.7. The highest BCUT2D eigenvalue weighted by molar-refractivity contribution is 6.33. The molecule has 7 heteroatoms. The number of carbonyl (C=O) groups is 1. The second kappa shape index (κ2) is 6.31. The van der Waals surface area contributed by atoms with E-state index in [0.29, 0.717) is 35.5 Å². The zero-order chi connectivity index (χ0) is 13.7. The molecule has 2 aromatic rings. The molecule has 0 fully saturated rings. The molecule has 0 unspecified atom stereocenters. The number of halogens is 1. The van der Waals surface area contributed by atoms with Crippen LogP contribution < -0.4 is 5.32 Å². The molecule has 0 aliphatic heterocycles. The van der Waals surface area contributed by atoms with Gasteiger partial charge in [0.1, 0.15) is 0 Å². The number of aliphatic carboxylic acids is 1. The van der Waals surface area contributed by atoms with Gasteiger partial charge in [-0.3, -0.25) is 4.79 Å². The average molecular weight is 282 g/mol. The number of rotatable bonds is 6. The van der Waals surface area contributed by atoms with Crippen molar-refractivity contribution in [2.24, 2.45) is 0 Å². The first-order chi connectivity index (χ1) is 9.16. The predicted molar refractivity (Wildman–Crippen MR) is 68.7 cm³/mol. The normalized spacial score (nSPS) is 10.6. The van der Waals surface area contributed by atoms with Gasteiger partial charge in [0.25, 0.3) is 0 Å². The van der Waals surface area contributed by atoms with Crippen molar-refractivity contribution < 1.29 is 14.3 Å². The third kappa shape index (κ3) is 3.77. The molecule has 0 aliphatic carbocycles. The van der Waals surface area contributed by atoms with Crippen LogP contribution >= 0.6 is 11.6 Å². The maximum atomic E-state index is 10.3. The van der Waals surface area contributed by atoms with Crippen LogP contribution in [-0.2, 0) is 11.3 Å². The van der Waals surface area contributed by atoms with Crippen molar-refractivity contribution >= 4 is 17.6 Å². The van der Waals surface area contributed by atoms with Crippen LogP contribution in [0.25, 0.3) is 11.5 Å². The Bertz CT molecular complexity index is 571. The SMILES string of the molecule is O=C(O)CCNCc1nnc(-c2ccccc2Cl)o1. The Morgan fingerprint density at radius 3 is 2.89 bits per heavy atom. The van der Waals surface area contributed by atoms with Gasteiger partial charge in [0.2, 0.25) is 11.8 Å².